The zero-order chi connectivity index (χ0) is 13.1. The zero-order valence-electron chi connectivity index (χ0n) is 9.76. The number of methoxy groups -OCH3 is 1. The Morgan fingerprint density at radius 2 is 2.33 bits per heavy atom. The van der Waals surface area contributed by atoms with E-state index in [0.29, 0.717) is 17.8 Å². The maximum absolute atomic E-state index is 11.7. The third-order valence-electron chi connectivity index (χ3n) is 2.51. The van der Waals surface area contributed by atoms with Crippen LogP contribution in [0.3, 0.4) is 0 Å². The van der Waals surface area contributed by atoms with Gasteiger partial charge in [-0.25, -0.2) is 4.79 Å². The quantitative estimate of drug-likeness (QED) is 0.518. The minimum atomic E-state index is -0.426. The summed E-state index contributed by atoms with van der Waals surface area (Å²) in [6, 6.07) is 5.34. The molecule has 1 aromatic carbocycles. The Balaban J connectivity index is 2.38. The molecule has 94 valence electrons. The van der Waals surface area contributed by atoms with Crippen molar-refractivity contribution in [3.8, 4) is 0 Å². The van der Waals surface area contributed by atoms with Crippen molar-refractivity contribution in [1.29, 1.82) is 0 Å². The van der Waals surface area contributed by atoms with E-state index in [1.165, 1.54) is 7.11 Å². The van der Waals surface area contributed by atoms with Crippen LogP contribution in [-0.2, 0) is 11.3 Å². The molecule has 0 saturated heterocycles. The number of hydrogen-bond donors (Lipinski definition) is 1. The van der Waals surface area contributed by atoms with Crippen molar-refractivity contribution >= 4 is 34.2 Å². The Hall–Kier alpha value is -1.57. The number of esters is 1. The van der Waals surface area contributed by atoms with Crippen LogP contribution in [0.2, 0.25) is 0 Å². The average Bonchev–Trinajstić information content (AvgIpc) is 2.74. The highest BCUT2D eigenvalue weighted by molar-refractivity contribution is 14.1. The molecule has 1 heterocycles. The minimum Gasteiger partial charge on any atom is -0.465 e. The van der Waals surface area contributed by atoms with E-state index >= 15 is 0 Å². The third kappa shape index (κ3) is 2.63. The Bertz CT molecular complexity index is 580. The fourth-order valence-corrected chi connectivity index (χ4v) is 2.15. The van der Waals surface area contributed by atoms with Gasteiger partial charge in [0.05, 0.1) is 29.0 Å². The van der Waals surface area contributed by atoms with Crippen LogP contribution in [0.15, 0.2) is 30.6 Å². The topological polar surface area (TPSA) is 70.1 Å². The number of halogens is 1. The summed E-state index contributed by atoms with van der Waals surface area (Å²) < 4.78 is 7.54. The summed E-state index contributed by atoms with van der Waals surface area (Å²) in [5.74, 6) is -0.426. The predicted octanol–water partition coefficient (Wildman–Crippen LogP) is 1.90. The lowest BCUT2D eigenvalue weighted by molar-refractivity contribution is 0.0600. The second-order valence-electron chi connectivity index (χ2n) is 3.73. The van der Waals surface area contributed by atoms with E-state index in [-0.39, 0.29) is 0 Å². The van der Waals surface area contributed by atoms with Gasteiger partial charge in [0.2, 0.25) is 0 Å². The van der Waals surface area contributed by atoms with Gasteiger partial charge in [-0.1, -0.05) is 12.1 Å². The number of aromatic nitrogens is 2. The molecule has 0 unspecified atom stereocenters. The Morgan fingerprint density at radius 1 is 1.56 bits per heavy atom. The first kappa shape index (κ1) is 12.9. The largest absolute Gasteiger partial charge is 0.465 e. The molecule has 0 aliphatic heterocycles. The lowest BCUT2D eigenvalue weighted by atomic mass is 10.1. The summed E-state index contributed by atoms with van der Waals surface area (Å²) in [6.07, 6.45) is 3.65. The van der Waals surface area contributed by atoms with E-state index in [0.717, 1.165) is 9.13 Å². The van der Waals surface area contributed by atoms with Crippen molar-refractivity contribution < 1.29 is 9.53 Å². The van der Waals surface area contributed by atoms with Crippen LogP contribution in [0.4, 0.5) is 5.69 Å². The smallest absolute Gasteiger partial charge is 0.340 e. The van der Waals surface area contributed by atoms with E-state index in [9.17, 15) is 4.79 Å². The molecule has 0 atom stereocenters. The van der Waals surface area contributed by atoms with Crippen LogP contribution >= 0.6 is 22.6 Å². The number of carbonyl (C=O) groups is 1. The Morgan fingerprint density at radius 3 is 2.94 bits per heavy atom. The summed E-state index contributed by atoms with van der Waals surface area (Å²) >= 11 is 2.18. The summed E-state index contributed by atoms with van der Waals surface area (Å²) in [6.45, 7) is 0.485. The molecule has 18 heavy (non-hydrogen) atoms. The van der Waals surface area contributed by atoms with E-state index in [1.54, 1.807) is 16.9 Å². The van der Waals surface area contributed by atoms with Crippen LogP contribution in [0.1, 0.15) is 15.9 Å². The summed E-state index contributed by atoms with van der Waals surface area (Å²) in [5, 5.41) is 4.18. The van der Waals surface area contributed by atoms with Crippen molar-refractivity contribution in [2.24, 2.45) is 0 Å². The molecule has 6 heteroatoms. The highest BCUT2D eigenvalue weighted by atomic mass is 127. The first-order valence-electron chi connectivity index (χ1n) is 5.25. The molecular weight excluding hydrogens is 345 g/mol. The normalized spacial score (nSPS) is 10.3. The fourth-order valence-electron chi connectivity index (χ4n) is 1.70. The highest BCUT2D eigenvalue weighted by Gasteiger charge is 2.15. The number of ether oxygens (including phenoxy) is 1. The van der Waals surface area contributed by atoms with Crippen molar-refractivity contribution in [3.05, 3.63) is 45.3 Å². The first-order chi connectivity index (χ1) is 8.61. The number of anilines is 1. The summed E-state index contributed by atoms with van der Waals surface area (Å²) in [4.78, 5) is 11.7. The number of carbonyl (C=O) groups excluding carboxylic acids is 1. The Kier molecular flexibility index (Phi) is 3.85. The van der Waals surface area contributed by atoms with Gasteiger partial charge in [-0.05, 0) is 34.2 Å². The number of benzene rings is 1. The SMILES string of the molecule is COC(=O)c1c(N)cccc1Cn1cc(I)cn1. The molecule has 2 rings (SSSR count). The van der Waals surface area contributed by atoms with Crippen molar-refractivity contribution in [2.45, 2.75) is 6.54 Å². The highest BCUT2D eigenvalue weighted by Crippen LogP contribution is 2.19. The first-order valence-corrected chi connectivity index (χ1v) is 6.33. The third-order valence-corrected chi connectivity index (χ3v) is 3.06. The molecule has 0 amide bonds. The summed E-state index contributed by atoms with van der Waals surface area (Å²) in [5.41, 5.74) is 7.44. The standard InChI is InChI=1S/C12H12IN3O2/c1-18-12(17)11-8(3-2-4-10(11)14)6-16-7-9(13)5-15-16/h2-5,7H,6,14H2,1H3. The maximum Gasteiger partial charge on any atom is 0.340 e. The molecule has 1 aromatic heterocycles. The number of nitrogens with zero attached hydrogens (tertiary/aromatic N) is 2. The molecule has 5 nitrogen and oxygen atoms in total. The summed E-state index contributed by atoms with van der Waals surface area (Å²) in [7, 11) is 1.34. The number of hydrogen-bond acceptors (Lipinski definition) is 4. The molecule has 0 fully saturated rings. The van der Waals surface area contributed by atoms with Gasteiger partial charge >= 0.3 is 5.97 Å². The number of rotatable bonds is 3. The monoisotopic (exact) mass is 357 g/mol. The van der Waals surface area contributed by atoms with Crippen molar-refractivity contribution in [1.82, 2.24) is 9.78 Å². The fraction of sp³-hybridized carbons (Fsp3) is 0.167. The lowest BCUT2D eigenvalue weighted by Gasteiger charge is -2.10. The molecule has 0 saturated carbocycles. The molecule has 0 radical (unpaired) electrons. The molecule has 2 N–H and O–H groups in total. The number of nitrogen functional groups attached to an aromatic ring is 1. The second kappa shape index (κ2) is 5.38. The van der Waals surface area contributed by atoms with Gasteiger partial charge in [-0.2, -0.15) is 5.10 Å². The van der Waals surface area contributed by atoms with Crippen LogP contribution in [0.25, 0.3) is 0 Å². The Labute approximate surface area is 118 Å². The van der Waals surface area contributed by atoms with Gasteiger partial charge in [-0.15, -0.1) is 0 Å². The molecule has 0 aliphatic carbocycles. The van der Waals surface area contributed by atoms with Crippen molar-refractivity contribution in [3.63, 3.8) is 0 Å². The number of nitrogens with two attached hydrogens (primary N) is 1. The molecule has 2 aromatic rings. The minimum absolute atomic E-state index is 0.408. The van der Waals surface area contributed by atoms with Gasteiger partial charge in [0.1, 0.15) is 0 Å². The molecule has 0 bridgehead atoms. The zero-order valence-corrected chi connectivity index (χ0v) is 11.9. The molecule has 0 aliphatic rings. The van der Waals surface area contributed by atoms with E-state index in [1.807, 2.05) is 18.3 Å². The molecular formula is C12H12IN3O2. The van der Waals surface area contributed by atoms with Crippen molar-refractivity contribution in [2.75, 3.05) is 12.8 Å². The van der Waals surface area contributed by atoms with Gasteiger partial charge in [0.15, 0.2) is 0 Å². The van der Waals surface area contributed by atoms with Crippen LogP contribution in [0.5, 0.6) is 0 Å². The van der Waals surface area contributed by atoms with Gasteiger partial charge in [0.25, 0.3) is 0 Å². The van der Waals surface area contributed by atoms with Gasteiger partial charge < -0.3 is 10.5 Å². The lowest BCUT2D eigenvalue weighted by Crippen LogP contribution is -2.12. The molecule has 0 spiro atoms. The van der Waals surface area contributed by atoms with E-state index < -0.39 is 5.97 Å². The van der Waals surface area contributed by atoms with E-state index in [4.69, 9.17) is 10.5 Å². The van der Waals surface area contributed by atoms with Gasteiger partial charge in [-0.3, -0.25) is 4.68 Å². The van der Waals surface area contributed by atoms with Crippen LogP contribution in [-0.4, -0.2) is 22.9 Å². The predicted molar refractivity (Wildman–Crippen MR) is 76.2 cm³/mol. The second-order valence-corrected chi connectivity index (χ2v) is 4.97. The van der Waals surface area contributed by atoms with E-state index in [2.05, 4.69) is 27.7 Å². The van der Waals surface area contributed by atoms with Gasteiger partial charge in [0, 0.05) is 11.9 Å². The van der Waals surface area contributed by atoms with Crippen LogP contribution in [0, 0.1) is 3.57 Å². The van der Waals surface area contributed by atoms with Crippen LogP contribution < -0.4 is 5.73 Å². The average molecular weight is 357 g/mol. The maximum atomic E-state index is 11.7.